The van der Waals surface area contributed by atoms with Crippen molar-refractivity contribution >= 4 is 46.7 Å². The van der Waals surface area contributed by atoms with Crippen LogP contribution < -0.4 is 10.2 Å². The number of aromatic nitrogens is 1. The maximum atomic E-state index is 5.78. The van der Waals surface area contributed by atoms with E-state index in [0.717, 1.165) is 54.9 Å². The Labute approximate surface area is 191 Å². The Balaban J connectivity index is 0.00000300. The van der Waals surface area contributed by atoms with Gasteiger partial charge in [0.05, 0.1) is 18.7 Å². The summed E-state index contributed by atoms with van der Waals surface area (Å²) in [4.78, 5) is 13.8. The molecule has 160 valence electrons. The molecule has 1 aromatic heterocycles. The molecule has 0 aliphatic heterocycles. The fraction of sp³-hybridized carbons (Fsp3) is 0.545. The predicted molar refractivity (Wildman–Crippen MR) is 132 cm³/mol. The van der Waals surface area contributed by atoms with Gasteiger partial charge in [0, 0.05) is 46.2 Å². The standard InChI is InChI=1S/C22H33N5O.HI/c1-5-23-22(27(4)12-13-28-16-17-10-11-17)24-15-18-14-21(26(2)3)25-20-9-7-6-8-19(18)20;/h6-9,14,17H,5,10-13,15-16H2,1-4H3,(H,23,24);1H. The van der Waals surface area contributed by atoms with E-state index in [2.05, 4.69) is 48.5 Å². The molecule has 1 N–H and O–H groups in total. The summed E-state index contributed by atoms with van der Waals surface area (Å²) in [6, 6.07) is 10.4. The summed E-state index contributed by atoms with van der Waals surface area (Å²) in [7, 11) is 6.10. The first-order chi connectivity index (χ1) is 13.6. The quantitative estimate of drug-likeness (QED) is 0.241. The van der Waals surface area contributed by atoms with Crippen LogP contribution in [-0.2, 0) is 11.3 Å². The number of para-hydroxylation sites is 1. The minimum absolute atomic E-state index is 0. The SMILES string of the molecule is CCNC(=NCc1cc(N(C)C)nc2ccccc12)N(C)CCOCC1CC1.I. The van der Waals surface area contributed by atoms with Crippen molar-refractivity contribution in [2.75, 3.05) is 52.3 Å². The Morgan fingerprint density at radius 3 is 2.69 bits per heavy atom. The van der Waals surface area contributed by atoms with E-state index in [1.54, 1.807) is 0 Å². The van der Waals surface area contributed by atoms with Crippen LogP contribution in [0.1, 0.15) is 25.3 Å². The first-order valence-electron chi connectivity index (χ1n) is 10.2. The molecule has 6 nitrogen and oxygen atoms in total. The molecule has 0 atom stereocenters. The molecule has 2 aromatic rings. The summed E-state index contributed by atoms with van der Waals surface area (Å²) in [6.45, 7) is 6.02. The zero-order valence-corrected chi connectivity index (χ0v) is 20.3. The number of likely N-dealkylation sites (N-methyl/N-ethyl adjacent to an activating group) is 1. The summed E-state index contributed by atoms with van der Waals surface area (Å²) >= 11 is 0. The Kier molecular flexibility index (Phi) is 9.42. The number of rotatable bonds is 9. The van der Waals surface area contributed by atoms with Gasteiger partial charge in [0.2, 0.25) is 0 Å². The van der Waals surface area contributed by atoms with E-state index >= 15 is 0 Å². The van der Waals surface area contributed by atoms with Crippen molar-refractivity contribution in [2.45, 2.75) is 26.3 Å². The van der Waals surface area contributed by atoms with E-state index in [1.807, 2.05) is 25.1 Å². The second-order valence-corrected chi connectivity index (χ2v) is 7.66. The summed E-state index contributed by atoms with van der Waals surface area (Å²) in [5.74, 6) is 2.67. The average molecular weight is 511 g/mol. The van der Waals surface area contributed by atoms with Crippen molar-refractivity contribution in [3.8, 4) is 0 Å². The van der Waals surface area contributed by atoms with E-state index in [9.17, 15) is 0 Å². The molecule has 0 radical (unpaired) electrons. The van der Waals surface area contributed by atoms with Gasteiger partial charge in [-0.25, -0.2) is 9.98 Å². The highest BCUT2D eigenvalue weighted by Crippen LogP contribution is 2.28. The number of fused-ring (bicyclic) bond motifs is 1. The maximum Gasteiger partial charge on any atom is 0.194 e. The average Bonchev–Trinajstić information content (AvgIpc) is 3.52. The number of guanidine groups is 1. The molecule has 0 amide bonds. The van der Waals surface area contributed by atoms with Gasteiger partial charge >= 0.3 is 0 Å². The van der Waals surface area contributed by atoms with Crippen LogP contribution in [-0.4, -0.2) is 63.3 Å². The number of nitrogens with zero attached hydrogens (tertiary/aromatic N) is 4. The molecule has 1 fully saturated rings. The second-order valence-electron chi connectivity index (χ2n) is 7.66. The highest BCUT2D eigenvalue weighted by Gasteiger charge is 2.21. The number of aliphatic imine (C=N–C) groups is 1. The molecule has 0 spiro atoms. The molecule has 0 bridgehead atoms. The van der Waals surface area contributed by atoms with Gasteiger partial charge in [-0.15, -0.1) is 24.0 Å². The van der Waals surface area contributed by atoms with E-state index in [4.69, 9.17) is 14.7 Å². The van der Waals surface area contributed by atoms with Gasteiger partial charge in [-0.05, 0) is 43.4 Å². The van der Waals surface area contributed by atoms with Gasteiger partial charge in [-0.3, -0.25) is 0 Å². The van der Waals surface area contributed by atoms with Crippen LogP contribution in [0.25, 0.3) is 10.9 Å². The lowest BCUT2D eigenvalue weighted by molar-refractivity contribution is 0.115. The lowest BCUT2D eigenvalue weighted by Crippen LogP contribution is -2.40. The van der Waals surface area contributed by atoms with Gasteiger partial charge in [0.1, 0.15) is 5.82 Å². The Morgan fingerprint density at radius 2 is 2.00 bits per heavy atom. The van der Waals surface area contributed by atoms with Gasteiger partial charge in [-0.2, -0.15) is 0 Å². The van der Waals surface area contributed by atoms with Crippen LogP contribution in [0.3, 0.4) is 0 Å². The van der Waals surface area contributed by atoms with Gasteiger partial charge in [0.25, 0.3) is 0 Å². The fourth-order valence-electron chi connectivity index (χ4n) is 3.06. The molecule has 29 heavy (non-hydrogen) atoms. The summed E-state index contributed by atoms with van der Waals surface area (Å²) in [5, 5.41) is 4.55. The number of pyridine rings is 1. The molecule has 1 saturated carbocycles. The molecule has 7 heteroatoms. The molecule has 1 aromatic carbocycles. The third-order valence-electron chi connectivity index (χ3n) is 4.96. The van der Waals surface area contributed by atoms with Gasteiger partial charge in [0.15, 0.2) is 5.96 Å². The molecular formula is C22H34IN5O. The van der Waals surface area contributed by atoms with Gasteiger partial charge < -0.3 is 19.9 Å². The lowest BCUT2D eigenvalue weighted by atomic mass is 10.1. The normalized spacial score (nSPS) is 13.9. The zero-order valence-electron chi connectivity index (χ0n) is 18.0. The van der Waals surface area contributed by atoms with Crippen molar-refractivity contribution in [3.63, 3.8) is 0 Å². The Morgan fingerprint density at radius 1 is 1.24 bits per heavy atom. The van der Waals surface area contributed by atoms with E-state index in [1.165, 1.54) is 18.4 Å². The number of benzene rings is 1. The van der Waals surface area contributed by atoms with Crippen LogP contribution >= 0.6 is 24.0 Å². The summed E-state index contributed by atoms with van der Waals surface area (Å²) in [6.07, 6.45) is 2.66. The van der Waals surface area contributed by atoms with Gasteiger partial charge in [-0.1, -0.05) is 18.2 Å². The Hall–Kier alpha value is -1.61. The first kappa shape index (κ1) is 23.7. The summed E-state index contributed by atoms with van der Waals surface area (Å²) in [5.41, 5.74) is 2.19. The number of ether oxygens (including phenoxy) is 1. The van der Waals surface area contributed by atoms with Crippen LogP contribution in [0.5, 0.6) is 0 Å². The minimum Gasteiger partial charge on any atom is -0.379 e. The predicted octanol–water partition coefficient (Wildman–Crippen LogP) is 3.74. The van der Waals surface area contributed by atoms with Crippen molar-refractivity contribution in [3.05, 3.63) is 35.9 Å². The van der Waals surface area contributed by atoms with Crippen LogP contribution in [0.15, 0.2) is 35.3 Å². The van der Waals surface area contributed by atoms with Crippen LogP contribution in [0.4, 0.5) is 5.82 Å². The first-order valence-corrected chi connectivity index (χ1v) is 10.2. The van der Waals surface area contributed by atoms with Crippen molar-refractivity contribution in [2.24, 2.45) is 10.9 Å². The molecule has 1 heterocycles. The largest absolute Gasteiger partial charge is 0.379 e. The molecule has 3 rings (SSSR count). The number of anilines is 1. The minimum atomic E-state index is 0. The number of halogens is 1. The number of hydrogen-bond donors (Lipinski definition) is 1. The Bertz CT molecular complexity index is 807. The number of nitrogens with one attached hydrogen (secondary N) is 1. The van der Waals surface area contributed by atoms with E-state index in [0.29, 0.717) is 6.54 Å². The third-order valence-corrected chi connectivity index (χ3v) is 4.96. The summed E-state index contributed by atoms with van der Waals surface area (Å²) < 4.78 is 5.78. The van der Waals surface area contributed by atoms with Crippen LogP contribution in [0, 0.1) is 5.92 Å². The maximum absolute atomic E-state index is 5.78. The number of hydrogen-bond acceptors (Lipinski definition) is 4. The topological polar surface area (TPSA) is 53.0 Å². The lowest BCUT2D eigenvalue weighted by Gasteiger charge is -2.22. The zero-order chi connectivity index (χ0) is 19.9. The molecule has 0 saturated heterocycles. The van der Waals surface area contributed by atoms with Crippen molar-refractivity contribution < 1.29 is 4.74 Å². The monoisotopic (exact) mass is 511 g/mol. The molecule has 1 aliphatic rings. The smallest absolute Gasteiger partial charge is 0.194 e. The fourth-order valence-corrected chi connectivity index (χ4v) is 3.06. The van der Waals surface area contributed by atoms with Crippen molar-refractivity contribution in [1.29, 1.82) is 0 Å². The molecular weight excluding hydrogens is 477 g/mol. The van der Waals surface area contributed by atoms with Crippen LogP contribution in [0.2, 0.25) is 0 Å². The highest BCUT2D eigenvalue weighted by atomic mass is 127. The van der Waals surface area contributed by atoms with E-state index < -0.39 is 0 Å². The van der Waals surface area contributed by atoms with E-state index in [-0.39, 0.29) is 24.0 Å². The van der Waals surface area contributed by atoms with Crippen molar-refractivity contribution in [1.82, 2.24) is 15.2 Å². The second kappa shape index (κ2) is 11.5. The highest BCUT2D eigenvalue weighted by molar-refractivity contribution is 14.0. The molecule has 0 unspecified atom stereocenters. The molecule has 1 aliphatic carbocycles. The third kappa shape index (κ3) is 6.99.